The second-order valence-corrected chi connectivity index (χ2v) is 5.37. The Morgan fingerprint density at radius 2 is 1.67 bits per heavy atom. The summed E-state index contributed by atoms with van der Waals surface area (Å²) in [6, 6.07) is 20.4. The van der Waals surface area contributed by atoms with Crippen molar-refractivity contribution in [3.63, 3.8) is 0 Å². The maximum absolute atomic E-state index is 5.74. The first-order chi connectivity index (χ1) is 10.3. The van der Waals surface area contributed by atoms with Gasteiger partial charge in [-0.25, -0.2) is 0 Å². The van der Waals surface area contributed by atoms with Crippen molar-refractivity contribution < 1.29 is 9.26 Å². The molecule has 1 saturated heterocycles. The maximum Gasteiger partial charge on any atom is 0.169 e. The van der Waals surface area contributed by atoms with E-state index in [0.717, 1.165) is 17.0 Å². The van der Waals surface area contributed by atoms with Crippen LogP contribution in [0.2, 0.25) is 0 Å². The van der Waals surface area contributed by atoms with Crippen LogP contribution in [-0.2, 0) is 4.74 Å². The van der Waals surface area contributed by atoms with Gasteiger partial charge in [0.2, 0.25) is 0 Å². The van der Waals surface area contributed by atoms with Crippen molar-refractivity contribution in [2.75, 3.05) is 0 Å². The zero-order valence-corrected chi connectivity index (χ0v) is 11.7. The average Bonchev–Trinajstić information content (AvgIpc) is 3.17. The van der Waals surface area contributed by atoms with Gasteiger partial charge in [-0.15, -0.1) is 0 Å². The molecule has 0 saturated carbocycles. The van der Waals surface area contributed by atoms with E-state index >= 15 is 0 Å². The largest absolute Gasteiger partial charge is 0.358 e. The number of rotatable bonds is 3. The molecule has 3 aromatic rings. The van der Waals surface area contributed by atoms with Gasteiger partial charge in [0.15, 0.2) is 5.76 Å². The van der Waals surface area contributed by atoms with E-state index in [2.05, 4.69) is 36.3 Å². The molecular weight excluding hydrogens is 262 g/mol. The summed E-state index contributed by atoms with van der Waals surface area (Å²) in [5, 5.41) is 4.13. The van der Waals surface area contributed by atoms with Crippen LogP contribution in [0.3, 0.4) is 0 Å². The Bertz CT molecular complexity index is 746. The maximum atomic E-state index is 5.74. The number of nitrogens with zero attached hydrogens (tertiary/aromatic N) is 1. The normalized spacial score (nSPS) is 20.4. The number of benzene rings is 2. The smallest absolute Gasteiger partial charge is 0.169 e. The van der Waals surface area contributed by atoms with E-state index < -0.39 is 0 Å². The van der Waals surface area contributed by atoms with Crippen LogP contribution in [0.1, 0.15) is 29.1 Å². The van der Waals surface area contributed by atoms with Crippen molar-refractivity contribution >= 4 is 0 Å². The Kier molecular flexibility index (Phi) is 2.86. The lowest BCUT2D eigenvalue weighted by Crippen LogP contribution is -1.83. The van der Waals surface area contributed by atoms with Gasteiger partial charge in [0.1, 0.15) is 17.9 Å². The third kappa shape index (κ3) is 2.36. The van der Waals surface area contributed by atoms with Gasteiger partial charge in [0, 0.05) is 11.6 Å². The Morgan fingerprint density at radius 3 is 2.43 bits per heavy atom. The highest BCUT2D eigenvalue weighted by molar-refractivity contribution is 5.58. The minimum absolute atomic E-state index is 0.0160. The summed E-state index contributed by atoms with van der Waals surface area (Å²) in [5.41, 5.74) is 4.34. The SMILES string of the molecule is Cc1ccc(C2OC2c2cc(-c3ccccc3)no2)cc1. The molecule has 104 valence electrons. The molecule has 2 unspecified atom stereocenters. The van der Waals surface area contributed by atoms with E-state index in [1.54, 1.807) is 0 Å². The number of ether oxygens (including phenoxy) is 1. The Labute approximate surface area is 123 Å². The van der Waals surface area contributed by atoms with Crippen LogP contribution in [0.15, 0.2) is 65.2 Å². The summed E-state index contributed by atoms with van der Waals surface area (Å²) >= 11 is 0. The second-order valence-electron chi connectivity index (χ2n) is 5.37. The van der Waals surface area contributed by atoms with Gasteiger partial charge in [-0.2, -0.15) is 0 Å². The van der Waals surface area contributed by atoms with Gasteiger partial charge >= 0.3 is 0 Å². The summed E-state index contributed by atoms with van der Waals surface area (Å²) in [6.07, 6.45) is 0.0693. The van der Waals surface area contributed by atoms with Gasteiger partial charge in [-0.05, 0) is 12.5 Å². The average molecular weight is 277 g/mol. The standard InChI is InChI=1S/C18H15NO2/c1-12-7-9-14(10-8-12)17-18(20-17)16-11-15(19-21-16)13-5-3-2-4-6-13/h2-11,17-18H,1H3. The third-order valence-electron chi connectivity index (χ3n) is 3.78. The van der Waals surface area contributed by atoms with E-state index in [0.29, 0.717) is 0 Å². The first-order valence-corrected chi connectivity index (χ1v) is 7.05. The van der Waals surface area contributed by atoms with E-state index in [9.17, 15) is 0 Å². The summed E-state index contributed by atoms with van der Waals surface area (Å²) in [7, 11) is 0. The highest BCUT2D eigenvalue weighted by Gasteiger charge is 2.44. The predicted octanol–water partition coefficient (Wildman–Crippen LogP) is 4.46. The minimum atomic E-state index is -0.0160. The quantitative estimate of drug-likeness (QED) is 0.663. The van der Waals surface area contributed by atoms with Crippen molar-refractivity contribution in [2.24, 2.45) is 0 Å². The zero-order valence-electron chi connectivity index (χ0n) is 11.7. The number of hydrogen-bond acceptors (Lipinski definition) is 3. The highest BCUT2D eigenvalue weighted by Crippen LogP contribution is 2.51. The van der Waals surface area contributed by atoms with Gasteiger partial charge in [0.25, 0.3) is 0 Å². The topological polar surface area (TPSA) is 38.6 Å². The molecule has 3 nitrogen and oxygen atoms in total. The van der Waals surface area contributed by atoms with E-state index in [1.165, 1.54) is 11.1 Å². The van der Waals surface area contributed by atoms with Gasteiger partial charge in [0.05, 0.1) is 0 Å². The molecule has 1 aliphatic heterocycles. The molecule has 0 amide bonds. The lowest BCUT2D eigenvalue weighted by atomic mass is 10.1. The van der Waals surface area contributed by atoms with Crippen LogP contribution < -0.4 is 0 Å². The molecule has 1 aliphatic rings. The molecule has 0 radical (unpaired) electrons. The van der Waals surface area contributed by atoms with Crippen LogP contribution in [-0.4, -0.2) is 5.16 Å². The predicted molar refractivity (Wildman–Crippen MR) is 79.7 cm³/mol. The molecular formula is C18H15NO2. The van der Waals surface area contributed by atoms with Crippen LogP contribution in [0, 0.1) is 6.92 Å². The Balaban J connectivity index is 1.54. The Morgan fingerprint density at radius 1 is 0.905 bits per heavy atom. The van der Waals surface area contributed by atoms with Gasteiger partial charge < -0.3 is 9.26 Å². The number of epoxide rings is 1. The first kappa shape index (κ1) is 12.4. The van der Waals surface area contributed by atoms with Gasteiger partial charge in [-0.1, -0.05) is 65.3 Å². The highest BCUT2D eigenvalue weighted by atomic mass is 16.6. The molecule has 2 atom stereocenters. The van der Waals surface area contributed by atoms with Crippen molar-refractivity contribution in [1.29, 1.82) is 0 Å². The minimum Gasteiger partial charge on any atom is -0.358 e. The Hall–Kier alpha value is -2.39. The summed E-state index contributed by atoms with van der Waals surface area (Å²) in [6.45, 7) is 2.08. The molecule has 21 heavy (non-hydrogen) atoms. The lowest BCUT2D eigenvalue weighted by molar-refractivity contribution is 0.318. The molecule has 3 heteroatoms. The molecule has 0 N–H and O–H groups in total. The fourth-order valence-corrected chi connectivity index (χ4v) is 2.51. The van der Waals surface area contributed by atoms with Crippen molar-refractivity contribution in [3.05, 3.63) is 77.6 Å². The molecule has 1 fully saturated rings. The van der Waals surface area contributed by atoms with E-state index in [4.69, 9.17) is 9.26 Å². The molecule has 0 aliphatic carbocycles. The molecule has 4 rings (SSSR count). The first-order valence-electron chi connectivity index (χ1n) is 7.05. The molecule has 2 aromatic carbocycles. The molecule has 0 spiro atoms. The summed E-state index contributed by atoms with van der Waals surface area (Å²) < 4.78 is 11.2. The zero-order chi connectivity index (χ0) is 14.2. The summed E-state index contributed by atoms with van der Waals surface area (Å²) in [5.74, 6) is 0.791. The van der Waals surface area contributed by atoms with E-state index in [1.807, 2.05) is 36.4 Å². The van der Waals surface area contributed by atoms with Crippen LogP contribution in [0.5, 0.6) is 0 Å². The van der Waals surface area contributed by atoms with Gasteiger partial charge in [-0.3, -0.25) is 0 Å². The molecule has 2 heterocycles. The number of aromatic nitrogens is 1. The lowest BCUT2D eigenvalue weighted by Gasteiger charge is -1.95. The van der Waals surface area contributed by atoms with Crippen LogP contribution in [0.25, 0.3) is 11.3 Å². The fourth-order valence-electron chi connectivity index (χ4n) is 2.51. The number of aryl methyl sites for hydroxylation is 1. The fraction of sp³-hybridized carbons (Fsp3) is 0.167. The van der Waals surface area contributed by atoms with Crippen molar-refractivity contribution in [3.8, 4) is 11.3 Å². The molecule has 1 aromatic heterocycles. The van der Waals surface area contributed by atoms with Crippen LogP contribution in [0.4, 0.5) is 0 Å². The second kappa shape index (κ2) is 4.86. The van der Waals surface area contributed by atoms with Crippen molar-refractivity contribution in [2.45, 2.75) is 19.1 Å². The van der Waals surface area contributed by atoms with Crippen LogP contribution >= 0.6 is 0 Å². The third-order valence-corrected chi connectivity index (χ3v) is 3.78. The van der Waals surface area contributed by atoms with E-state index in [-0.39, 0.29) is 12.2 Å². The van der Waals surface area contributed by atoms with Crippen molar-refractivity contribution in [1.82, 2.24) is 5.16 Å². The summed E-state index contributed by atoms with van der Waals surface area (Å²) in [4.78, 5) is 0. The molecule has 0 bridgehead atoms. The number of hydrogen-bond donors (Lipinski definition) is 0. The monoisotopic (exact) mass is 277 g/mol.